The van der Waals surface area contributed by atoms with E-state index in [1.807, 2.05) is 6.07 Å². The third kappa shape index (κ3) is 5.59. The van der Waals surface area contributed by atoms with Gasteiger partial charge >= 0.3 is 5.97 Å². The van der Waals surface area contributed by atoms with Crippen LogP contribution in [-0.4, -0.2) is 39.1 Å². The molecule has 2 aromatic heterocycles. The number of hydrogen-bond donors (Lipinski definition) is 2. The van der Waals surface area contributed by atoms with Crippen molar-refractivity contribution in [1.82, 2.24) is 15.3 Å². The van der Waals surface area contributed by atoms with Crippen LogP contribution in [0.25, 0.3) is 10.8 Å². The zero-order valence-electron chi connectivity index (χ0n) is 19.7. The van der Waals surface area contributed by atoms with Gasteiger partial charge in [0.2, 0.25) is 0 Å². The Morgan fingerprint density at radius 1 is 1.12 bits per heavy atom. The predicted octanol–water partition coefficient (Wildman–Crippen LogP) is 4.10. The summed E-state index contributed by atoms with van der Waals surface area (Å²) in [6, 6.07) is 10.1. The Hall–Kier alpha value is -4.19. The first-order chi connectivity index (χ1) is 15.9. The molecule has 1 aromatic carbocycles. The molecule has 9 heteroatoms. The van der Waals surface area contributed by atoms with E-state index >= 15 is 0 Å². The van der Waals surface area contributed by atoms with Gasteiger partial charge in [-0.25, -0.2) is 4.98 Å². The number of aromatic hydroxyl groups is 1. The number of benzene rings is 1. The molecule has 2 N–H and O–H groups in total. The summed E-state index contributed by atoms with van der Waals surface area (Å²) < 4.78 is 11.1. The van der Waals surface area contributed by atoms with Crippen LogP contribution in [0.4, 0.5) is 0 Å². The average molecular weight is 463 g/mol. The van der Waals surface area contributed by atoms with Gasteiger partial charge in [0, 0.05) is 23.5 Å². The van der Waals surface area contributed by atoms with Crippen molar-refractivity contribution in [1.29, 1.82) is 5.26 Å². The minimum atomic E-state index is -1.02. The van der Waals surface area contributed by atoms with Gasteiger partial charge in [-0.05, 0) is 65.0 Å². The molecule has 0 aliphatic rings. The van der Waals surface area contributed by atoms with Gasteiger partial charge in [0.05, 0.1) is 11.6 Å². The molecule has 0 aliphatic heterocycles. The molecule has 2 heterocycles. The minimum absolute atomic E-state index is 0.0546. The Balaban J connectivity index is 1.86. The highest BCUT2D eigenvalue weighted by molar-refractivity contribution is 6.03. The lowest BCUT2D eigenvalue weighted by Gasteiger charge is -2.28. The van der Waals surface area contributed by atoms with E-state index in [1.54, 1.807) is 71.1 Å². The predicted molar refractivity (Wildman–Crippen MR) is 124 cm³/mol. The van der Waals surface area contributed by atoms with Crippen LogP contribution in [0, 0.1) is 16.7 Å². The normalized spacial score (nSPS) is 11.5. The molecule has 0 radical (unpaired) electrons. The number of nitriles is 1. The first-order valence-electron chi connectivity index (χ1n) is 10.6. The molecule has 0 spiro atoms. The van der Waals surface area contributed by atoms with Crippen LogP contribution in [0.1, 0.15) is 50.8 Å². The first-order valence-corrected chi connectivity index (χ1v) is 10.6. The molecular weight excluding hydrogens is 436 g/mol. The van der Waals surface area contributed by atoms with E-state index in [0.717, 1.165) is 0 Å². The van der Waals surface area contributed by atoms with Crippen molar-refractivity contribution in [2.75, 3.05) is 6.54 Å². The zero-order valence-corrected chi connectivity index (χ0v) is 19.7. The van der Waals surface area contributed by atoms with Gasteiger partial charge in [-0.2, -0.15) is 5.26 Å². The topological polar surface area (TPSA) is 134 Å². The lowest BCUT2D eigenvalue weighted by molar-refractivity contribution is -0.165. The molecule has 0 saturated heterocycles. The van der Waals surface area contributed by atoms with Crippen LogP contribution < -0.4 is 10.1 Å². The summed E-state index contributed by atoms with van der Waals surface area (Å²) in [5.74, 6) is -0.664. The van der Waals surface area contributed by atoms with E-state index in [0.29, 0.717) is 16.9 Å². The second kappa shape index (κ2) is 9.35. The highest BCUT2D eigenvalue weighted by Gasteiger charge is 2.33. The Labute approximate surface area is 197 Å². The monoisotopic (exact) mass is 462 g/mol. The van der Waals surface area contributed by atoms with E-state index in [-0.39, 0.29) is 29.1 Å². The van der Waals surface area contributed by atoms with Crippen molar-refractivity contribution < 1.29 is 24.2 Å². The number of rotatable bonds is 6. The molecule has 34 heavy (non-hydrogen) atoms. The van der Waals surface area contributed by atoms with Gasteiger partial charge in [-0.1, -0.05) is 0 Å². The maximum absolute atomic E-state index is 12.8. The summed E-state index contributed by atoms with van der Waals surface area (Å²) in [6.07, 6.45) is 3.15. The van der Waals surface area contributed by atoms with Crippen LogP contribution in [-0.2, 0) is 9.53 Å². The fourth-order valence-corrected chi connectivity index (χ4v) is 3.00. The standard InChI is InChI=1S/C25H26N4O5/c1-24(2,3)34-23(32)25(4,5)14-28-22(31)20-21(30)17-9-8-15(11-18(17)19(12-26)29-20)33-16-7-6-10-27-13-16/h6-11,13,30H,14H2,1-5H3,(H,28,31). The largest absolute Gasteiger partial charge is 0.505 e. The van der Waals surface area contributed by atoms with E-state index in [1.165, 1.54) is 6.20 Å². The maximum atomic E-state index is 12.8. The molecule has 0 atom stereocenters. The third-order valence-corrected chi connectivity index (χ3v) is 4.78. The fourth-order valence-electron chi connectivity index (χ4n) is 3.00. The van der Waals surface area contributed by atoms with Gasteiger partial charge in [0.25, 0.3) is 5.91 Å². The molecule has 3 aromatic rings. The zero-order chi connectivity index (χ0) is 25.1. The van der Waals surface area contributed by atoms with E-state index < -0.39 is 22.9 Å². The molecule has 3 rings (SSSR count). The summed E-state index contributed by atoms with van der Waals surface area (Å²) in [7, 11) is 0. The smallest absolute Gasteiger partial charge is 0.313 e. The molecule has 9 nitrogen and oxygen atoms in total. The number of hydrogen-bond acceptors (Lipinski definition) is 8. The van der Waals surface area contributed by atoms with Gasteiger partial charge < -0.3 is 19.9 Å². The Morgan fingerprint density at radius 2 is 1.85 bits per heavy atom. The number of carbonyl (C=O) groups excluding carboxylic acids is 2. The number of aromatic nitrogens is 2. The van der Waals surface area contributed by atoms with Crippen molar-refractivity contribution in [3.8, 4) is 23.3 Å². The molecule has 0 aliphatic carbocycles. The van der Waals surface area contributed by atoms with Crippen LogP contribution in [0.15, 0.2) is 42.7 Å². The van der Waals surface area contributed by atoms with Gasteiger partial charge in [0.1, 0.15) is 28.9 Å². The number of pyridine rings is 2. The van der Waals surface area contributed by atoms with Crippen LogP contribution in [0.5, 0.6) is 17.2 Å². The maximum Gasteiger partial charge on any atom is 0.313 e. The summed E-state index contributed by atoms with van der Waals surface area (Å²) in [5, 5.41) is 23.5. The highest BCUT2D eigenvalue weighted by Crippen LogP contribution is 2.33. The van der Waals surface area contributed by atoms with Crippen molar-refractivity contribution in [3.05, 3.63) is 54.1 Å². The molecule has 0 unspecified atom stereocenters. The summed E-state index contributed by atoms with van der Waals surface area (Å²) in [5.41, 5.74) is -2.06. The summed E-state index contributed by atoms with van der Waals surface area (Å²) in [4.78, 5) is 33.3. The van der Waals surface area contributed by atoms with E-state index in [9.17, 15) is 20.0 Å². The number of nitrogens with one attached hydrogen (secondary N) is 1. The first kappa shape index (κ1) is 24.5. The molecule has 0 saturated carbocycles. The Bertz CT molecular complexity index is 1270. The molecule has 0 fully saturated rings. The van der Waals surface area contributed by atoms with E-state index in [4.69, 9.17) is 9.47 Å². The fraction of sp³-hybridized carbons (Fsp3) is 0.320. The quantitative estimate of drug-likeness (QED) is 0.523. The molecule has 0 bridgehead atoms. The second-order valence-corrected chi connectivity index (χ2v) is 9.34. The lowest BCUT2D eigenvalue weighted by Crippen LogP contribution is -2.42. The number of amides is 1. The summed E-state index contributed by atoms with van der Waals surface area (Å²) in [6.45, 7) is 8.49. The van der Waals surface area contributed by atoms with Crippen molar-refractivity contribution in [2.45, 2.75) is 40.2 Å². The Morgan fingerprint density at radius 3 is 2.47 bits per heavy atom. The number of esters is 1. The van der Waals surface area contributed by atoms with Crippen LogP contribution in [0.2, 0.25) is 0 Å². The average Bonchev–Trinajstić information content (AvgIpc) is 2.77. The van der Waals surface area contributed by atoms with Crippen molar-refractivity contribution in [3.63, 3.8) is 0 Å². The van der Waals surface area contributed by atoms with Crippen molar-refractivity contribution >= 4 is 22.6 Å². The number of ether oxygens (including phenoxy) is 2. The second-order valence-electron chi connectivity index (χ2n) is 9.34. The number of carbonyl (C=O) groups is 2. The molecular formula is C25H26N4O5. The van der Waals surface area contributed by atoms with Crippen molar-refractivity contribution in [2.24, 2.45) is 5.41 Å². The van der Waals surface area contributed by atoms with Crippen LogP contribution >= 0.6 is 0 Å². The minimum Gasteiger partial charge on any atom is -0.505 e. The molecule has 176 valence electrons. The lowest BCUT2D eigenvalue weighted by atomic mass is 9.93. The van der Waals surface area contributed by atoms with Crippen LogP contribution in [0.3, 0.4) is 0 Å². The molecule has 1 amide bonds. The van der Waals surface area contributed by atoms with Gasteiger partial charge in [0.15, 0.2) is 11.4 Å². The highest BCUT2D eigenvalue weighted by atomic mass is 16.6. The number of fused-ring (bicyclic) bond motifs is 1. The van der Waals surface area contributed by atoms with E-state index in [2.05, 4.69) is 15.3 Å². The Kier molecular flexibility index (Phi) is 6.73. The van der Waals surface area contributed by atoms with Gasteiger partial charge in [-0.15, -0.1) is 0 Å². The third-order valence-electron chi connectivity index (χ3n) is 4.78. The number of nitrogens with zero attached hydrogens (tertiary/aromatic N) is 3. The summed E-state index contributed by atoms with van der Waals surface area (Å²) >= 11 is 0. The SMILES string of the molecule is CC(C)(C)OC(=O)C(C)(C)CNC(=O)c1nc(C#N)c2cc(Oc3cccnc3)ccc2c1O. The van der Waals surface area contributed by atoms with Gasteiger partial charge in [-0.3, -0.25) is 14.6 Å².